The van der Waals surface area contributed by atoms with Gasteiger partial charge in [-0.15, -0.1) is 11.3 Å². The molecule has 0 aliphatic carbocycles. The Balaban J connectivity index is 1.80. The van der Waals surface area contributed by atoms with E-state index in [9.17, 15) is 0 Å². The summed E-state index contributed by atoms with van der Waals surface area (Å²) in [7, 11) is 0. The summed E-state index contributed by atoms with van der Waals surface area (Å²) in [5.41, 5.74) is 1.31. The highest BCUT2D eigenvalue weighted by Gasteiger charge is 2.13. The molecule has 1 N–H and O–H groups in total. The molecule has 3 rings (SSSR count). The lowest BCUT2D eigenvalue weighted by Crippen LogP contribution is -2.22. The number of fused-ring (bicyclic) bond motifs is 1. The molecule has 2 aromatic carbocycles. The quantitative estimate of drug-likeness (QED) is 0.749. The molecule has 2 atom stereocenters. The summed E-state index contributed by atoms with van der Waals surface area (Å²) in [6.45, 7) is 4.37. The Hall–Kier alpha value is -1.71. The lowest BCUT2D eigenvalue weighted by Gasteiger charge is -2.19. The highest BCUT2D eigenvalue weighted by Crippen LogP contribution is 2.23. The molecule has 0 aliphatic heterocycles. The molecule has 0 fully saturated rings. The van der Waals surface area contributed by atoms with E-state index in [-0.39, 0.29) is 6.04 Å². The molecule has 1 aromatic heterocycles. The maximum Gasteiger partial charge on any atom is 0.109 e. The first-order chi connectivity index (χ1) is 9.74. The second-order valence-corrected chi connectivity index (χ2v) is 6.01. The maximum atomic E-state index is 4.37. The summed E-state index contributed by atoms with van der Waals surface area (Å²) in [5, 5.41) is 9.35. The summed E-state index contributed by atoms with van der Waals surface area (Å²) in [6.07, 6.45) is 1.86. The maximum absolute atomic E-state index is 4.37. The number of thiazole rings is 1. The van der Waals surface area contributed by atoms with E-state index < -0.39 is 0 Å². The van der Waals surface area contributed by atoms with E-state index in [1.807, 2.05) is 11.6 Å². The first-order valence-electron chi connectivity index (χ1n) is 6.88. The lowest BCUT2D eigenvalue weighted by atomic mass is 10.0. The average molecular weight is 282 g/mol. The third kappa shape index (κ3) is 2.74. The zero-order valence-corrected chi connectivity index (χ0v) is 12.5. The van der Waals surface area contributed by atoms with Gasteiger partial charge in [-0.2, -0.15) is 0 Å². The predicted octanol–water partition coefficient (Wildman–Crippen LogP) is 4.71. The van der Waals surface area contributed by atoms with Crippen LogP contribution in [-0.4, -0.2) is 4.98 Å². The summed E-state index contributed by atoms with van der Waals surface area (Å²) >= 11 is 1.70. The zero-order valence-electron chi connectivity index (χ0n) is 11.7. The molecule has 0 saturated heterocycles. The zero-order chi connectivity index (χ0) is 13.9. The second kappa shape index (κ2) is 5.73. The molecule has 1 heterocycles. The second-order valence-electron chi connectivity index (χ2n) is 5.09. The summed E-state index contributed by atoms with van der Waals surface area (Å²) < 4.78 is 0. The van der Waals surface area contributed by atoms with Gasteiger partial charge in [-0.25, -0.2) is 4.98 Å². The third-order valence-corrected chi connectivity index (χ3v) is 4.55. The number of nitrogens with one attached hydrogen (secondary N) is 1. The van der Waals surface area contributed by atoms with Crippen LogP contribution in [0.25, 0.3) is 10.8 Å². The topological polar surface area (TPSA) is 24.9 Å². The number of hydrogen-bond acceptors (Lipinski definition) is 3. The molecule has 20 heavy (non-hydrogen) atoms. The lowest BCUT2D eigenvalue weighted by molar-refractivity contribution is 0.493. The summed E-state index contributed by atoms with van der Waals surface area (Å²) in [5.74, 6) is 0. The SMILES string of the molecule is CC(NC(C)c1nccs1)c1ccc2ccccc2c1. The van der Waals surface area contributed by atoms with Crippen LogP contribution < -0.4 is 5.32 Å². The van der Waals surface area contributed by atoms with Crippen molar-refractivity contribution < 1.29 is 0 Å². The Labute approximate surface area is 123 Å². The minimum absolute atomic E-state index is 0.275. The fourth-order valence-corrected chi connectivity index (χ4v) is 3.12. The molecule has 0 radical (unpaired) electrons. The van der Waals surface area contributed by atoms with Crippen molar-refractivity contribution in [2.75, 3.05) is 0 Å². The number of hydrogen-bond donors (Lipinski definition) is 1. The van der Waals surface area contributed by atoms with Crippen molar-refractivity contribution in [3.05, 3.63) is 64.6 Å². The van der Waals surface area contributed by atoms with Crippen molar-refractivity contribution in [1.82, 2.24) is 10.3 Å². The van der Waals surface area contributed by atoms with Crippen LogP contribution in [0.4, 0.5) is 0 Å². The van der Waals surface area contributed by atoms with E-state index in [2.05, 4.69) is 66.6 Å². The Kier molecular flexibility index (Phi) is 3.81. The van der Waals surface area contributed by atoms with Crippen LogP contribution in [0.15, 0.2) is 54.0 Å². The predicted molar refractivity (Wildman–Crippen MR) is 86.0 cm³/mol. The van der Waals surface area contributed by atoms with Gasteiger partial charge in [0.15, 0.2) is 0 Å². The number of rotatable bonds is 4. The molecule has 3 heteroatoms. The molecular formula is C17H18N2S. The van der Waals surface area contributed by atoms with Crippen molar-refractivity contribution in [3.8, 4) is 0 Å². The number of nitrogens with zero attached hydrogens (tertiary/aromatic N) is 1. The molecule has 0 spiro atoms. The molecule has 0 saturated carbocycles. The summed E-state index contributed by atoms with van der Waals surface area (Å²) in [6, 6.07) is 15.7. The van der Waals surface area contributed by atoms with Crippen LogP contribution in [0.2, 0.25) is 0 Å². The molecular weight excluding hydrogens is 264 g/mol. The van der Waals surface area contributed by atoms with Crippen LogP contribution in [0, 0.1) is 0 Å². The molecule has 2 nitrogen and oxygen atoms in total. The van der Waals surface area contributed by atoms with Gasteiger partial charge in [0, 0.05) is 17.6 Å². The Morgan fingerprint density at radius 1 is 1.00 bits per heavy atom. The highest BCUT2D eigenvalue weighted by molar-refractivity contribution is 7.09. The molecule has 102 valence electrons. The fourth-order valence-electron chi connectivity index (χ4n) is 2.47. The van der Waals surface area contributed by atoms with Crippen LogP contribution in [-0.2, 0) is 0 Å². The van der Waals surface area contributed by atoms with E-state index in [0.29, 0.717) is 6.04 Å². The van der Waals surface area contributed by atoms with Crippen molar-refractivity contribution >= 4 is 22.1 Å². The van der Waals surface area contributed by atoms with Crippen LogP contribution in [0.3, 0.4) is 0 Å². The van der Waals surface area contributed by atoms with Crippen LogP contribution in [0.5, 0.6) is 0 Å². The van der Waals surface area contributed by atoms with Gasteiger partial charge in [-0.3, -0.25) is 0 Å². The average Bonchev–Trinajstić information content (AvgIpc) is 3.01. The molecule has 0 aliphatic rings. The van der Waals surface area contributed by atoms with E-state index >= 15 is 0 Å². The van der Waals surface area contributed by atoms with E-state index in [1.165, 1.54) is 16.3 Å². The van der Waals surface area contributed by atoms with Gasteiger partial charge < -0.3 is 5.32 Å². The van der Waals surface area contributed by atoms with E-state index in [1.54, 1.807) is 11.3 Å². The Morgan fingerprint density at radius 2 is 1.80 bits per heavy atom. The van der Waals surface area contributed by atoms with Crippen molar-refractivity contribution in [2.24, 2.45) is 0 Å². The van der Waals surface area contributed by atoms with E-state index in [0.717, 1.165) is 5.01 Å². The monoisotopic (exact) mass is 282 g/mol. The summed E-state index contributed by atoms with van der Waals surface area (Å²) in [4.78, 5) is 4.37. The molecule has 3 aromatic rings. The van der Waals surface area contributed by atoms with Crippen LogP contribution >= 0.6 is 11.3 Å². The van der Waals surface area contributed by atoms with Crippen molar-refractivity contribution in [1.29, 1.82) is 0 Å². The van der Waals surface area contributed by atoms with Crippen molar-refractivity contribution in [2.45, 2.75) is 25.9 Å². The van der Waals surface area contributed by atoms with Gasteiger partial charge in [0.25, 0.3) is 0 Å². The molecule has 0 amide bonds. The smallest absolute Gasteiger partial charge is 0.109 e. The molecule has 2 unspecified atom stereocenters. The largest absolute Gasteiger partial charge is 0.302 e. The van der Waals surface area contributed by atoms with Gasteiger partial charge in [-0.1, -0.05) is 36.4 Å². The first kappa shape index (κ1) is 13.3. The fraction of sp³-hybridized carbons (Fsp3) is 0.235. The number of benzene rings is 2. The Bertz CT molecular complexity index is 691. The normalized spacial score (nSPS) is 14.3. The first-order valence-corrected chi connectivity index (χ1v) is 7.76. The molecule has 0 bridgehead atoms. The Morgan fingerprint density at radius 3 is 2.55 bits per heavy atom. The van der Waals surface area contributed by atoms with E-state index in [4.69, 9.17) is 0 Å². The third-order valence-electron chi connectivity index (χ3n) is 3.60. The standard InChI is InChI=1S/C17H18N2S/c1-12(19-13(2)17-18-9-10-20-17)15-8-7-14-5-3-4-6-16(14)11-15/h3-13,19H,1-2H3. The van der Waals surface area contributed by atoms with Gasteiger partial charge in [-0.05, 0) is 36.2 Å². The van der Waals surface area contributed by atoms with Gasteiger partial charge >= 0.3 is 0 Å². The highest BCUT2D eigenvalue weighted by atomic mass is 32.1. The van der Waals surface area contributed by atoms with Crippen molar-refractivity contribution in [3.63, 3.8) is 0 Å². The van der Waals surface area contributed by atoms with Gasteiger partial charge in [0.2, 0.25) is 0 Å². The minimum atomic E-state index is 0.275. The number of aromatic nitrogens is 1. The van der Waals surface area contributed by atoms with Crippen LogP contribution in [0.1, 0.15) is 36.5 Å². The minimum Gasteiger partial charge on any atom is -0.302 e. The van der Waals surface area contributed by atoms with Gasteiger partial charge in [0.05, 0.1) is 6.04 Å². The van der Waals surface area contributed by atoms with Gasteiger partial charge in [0.1, 0.15) is 5.01 Å².